The fourth-order valence-electron chi connectivity index (χ4n) is 4.50. The number of fused-ring (bicyclic) bond motifs is 1. The van der Waals surface area contributed by atoms with E-state index in [-0.39, 0.29) is 24.5 Å². The van der Waals surface area contributed by atoms with Crippen LogP contribution in [0.1, 0.15) is 13.3 Å². The van der Waals surface area contributed by atoms with Crippen LogP contribution in [0.15, 0.2) is 55.1 Å². The normalized spacial score (nSPS) is 35.1. The first kappa shape index (κ1) is 16.1. The number of nitrogens with zero attached hydrogens (tertiary/aromatic N) is 1. The summed E-state index contributed by atoms with van der Waals surface area (Å²) in [5.41, 5.74) is 0.0228. The smallest absolute Gasteiger partial charge is 0.312 e. The van der Waals surface area contributed by atoms with Crippen molar-refractivity contribution >= 4 is 17.6 Å². The maximum absolute atomic E-state index is 13.3. The van der Waals surface area contributed by atoms with Gasteiger partial charge in [0, 0.05) is 5.69 Å². The summed E-state index contributed by atoms with van der Waals surface area (Å²) in [7, 11) is 0. The first-order chi connectivity index (χ1) is 12.1. The van der Waals surface area contributed by atoms with E-state index in [9.17, 15) is 9.59 Å². The van der Waals surface area contributed by atoms with Crippen LogP contribution in [0.4, 0.5) is 5.69 Å². The number of carbonyl (C=O) groups is 2. The summed E-state index contributed by atoms with van der Waals surface area (Å²) >= 11 is 0. The molecule has 5 heteroatoms. The van der Waals surface area contributed by atoms with Gasteiger partial charge in [0.15, 0.2) is 0 Å². The van der Waals surface area contributed by atoms with Crippen LogP contribution in [0.2, 0.25) is 0 Å². The molecule has 5 atom stereocenters. The lowest BCUT2D eigenvalue weighted by Crippen LogP contribution is -2.45. The summed E-state index contributed by atoms with van der Waals surface area (Å²) in [5, 5.41) is 0. The summed E-state index contributed by atoms with van der Waals surface area (Å²) in [5.74, 6) is -1.57. The first-order valence-corrected chi connectivity index (χ1v) is 8.67. The van der Waals surface area contributed by atoms with Gasteiger partial charge in [-0.25, -0.2) is 0 Å². The van der Waals surface area contributed by atoms with Gasteiger partial charge in [-0.15, -0.1) is 6.58 Å². The molecule has 25 heavy (non-hydrogen) atoms. The average molecular weight is 339 g/mol. The van der Waals surface area contributed by atoms with Gasteiger partial charge in [-0.2, -0.15) is 0 Å². The molecule has 3 aliphatic rings. The number of ether oxygens (including phenoxy) is 2. The highest BCUT2D eigenvalue weighted by molar-refractivity contribution is 6.03. The lowest BCUT2D eigenvalue weighted by Gasteiger charge is -2.32. The number of carbonyl (C=O) groups excluding carboxylic acids is 2. The third-order valence-electron chi connectivity index (χ3n) is 5.40. The third-order valence-corrected chi connectivity index (χ3v) is 5.40. The Balaban J connectivity index is 1.79. The second-order valence-electron chi connectivity index (χ2n) is 6.63. The van der Waals surface area contributed by atoms with Crippen molar-refractivity contribution < 1.29 is 19.1 Å². The number of benzene rings is 1. The Kier molecular flexibility index (Phi) is 3.76. The van der Waals surface area contributed by atoms with E-state index in [2.05, 4.69) is 6.58 Å². The van der Waals surface area contributed by atoms with Gasteiger partial charge >= 0.3 is 5.97 Å². The largest absolute Gasteiger partial charge is 0.466 e. The van der Waals surface area contributed by atoms with E-state index in [1.807, 2.05) is 42.5 Å². The average Bonchev–Trinajstić information content (AvgIpc) is 3.25. The molecule has 0 N–H and O–H groups in total. The minimum absolute atomic E-state index is 0.0806. The zero-order valence-electron chi connectivity index (χ0n) is 14.1. The SMILES string of the molecule is C=CC[C@@H]1N(c2ccccc2)C(=O)[C@@H]2[C@@H](C(=O)OCC)[C@@H]3C=C[C@@]21O3. The Morgan fingerprint density at radius 2 is 2.16 bits per heavy atom. The highest BCUT2D eigenvalue weighted by atomic mass is 16.6. The number of hydrogen-bond acceptors (Lipinski definition) is 4. The molecule has 1 spiro atoms. The van der Waals surface area contributed by atoms with Gasteiger partial charge in [0.05, 0.1) is 24.7 Å². The Morgan fingerprint density at radius 1 is 1.40 bits per heavy atom. The van der Waals surface area contributed by atoms with Crippen molar-refractivity contribution in [1.29, 1.82) is 0 Å². The van der Waals surface area contributed by atoms with Gasteiger partial charge in [-0.3, -0.25) is 9.59 Å². The van der Waals surface area contributed by atoms with Crippen molar-refractivity contribution in [2.24, 2.45) is 11.8 Å². The van der Waals surface area contributed by atoms with E-state index in [4.69, 9.17) is 9.47 Å². The number of amides is 1. The molecular formula is C20H21NO4. The number of hydrogen-bond donors (Lipinski definition) is 0. The standard InChI is InChI=1S/C20H21NO4/c1-3-8-15-20-12-11-14(25-20)16(19(23)24-4-2)17(20)18(22)21(15)13-9-6-5-7-10-13/h3,5-7,9-12,14-17H,1,4,8H2,2H3/t14-,15-,16-,17-,20-/m0/s1. The molecule has 0 radical (unpaired) electrons. The van der Waals surface area contributed by atoms with Crippen LogP contribution < -0.4 is 4.90 Å². The van der Waals surface area contributed by atoms with Crippen LogP contribution in [0, 0.1) is 11.8 Å². The predicted octanol–water partition coefficient (Wildman–Crippen LogP) is 2.48. The summed E-state index contributed by atoms with van der Waals surface area (Å²) in [6, 6.07) is 9.30. The second-order valence-corrected chi connectivity index (χ2v) is 6.63. The second kappa shape index (κ2) is 5.85. The summed E-state index contributed by atoms with van der Waals surface area (Å²) in [6.07, 6.45) is 5.86. The number of para-hydroxylation sites is 1. The van der Waals surface area contributed by atoms with Gasteiger partial charge < -0.3 is 14.4 Å². The van der Waals surface area contributed by atoms with Gasteiger partial charge in [0.2, 0.25) is 5.91 Å². The van der Waals surface area contributed by atoms with Gasteiger partial charge in [0.1, 0.15) is 11.5 Å². The zero-order chi connectivity index (χ0) is 17.6. The van der Waals surface area contributed by atoms with Crippen molar-refractivity contribution in [3.63, 3.8) is 0 Å². The molecule has 0 aromatic heterocycles. The summed E-state index contributed by atoms with van der Waals surface area (Å²) < 4.78 is 11.5. The third kappa shape index (κ3) is 2.12. The number of rotatable bonds is 5. The quantitative estimate of drug-likeness (QED) is 0.611. The molecule has 2 bridgehead atoms. The van der Waals surface area contributed by atoms with Crippen LogP contribution in [0.25, 0.3) is 0 Å². The summed E-state index contributed by atoms with van der Waals surface area (Å²) in [6.45, 7) is 5.90. The zero-order valence-corrected chi connectivity index (χ0v) is 14.1. The van der Waals surface area contributed by atoms with Crippen LogP contribution in [-0.4, -0.2) is 36.2 Å². The Hall–Kier alpha value is -2.40. The Bertz CT molecular complexity index is 743. The van der Waals surface area contributed by atoms with E-state index >= 15 is 0 Å². The maximum Gasteiger partial charge on any atom is 0.312 e. The van der Waals surface area contributed by atoms with E-state index in [1.165, 1.54) is 0 Å². The fourth-order valence-corrected chi connectivity index (χ4v) is 4.50. The molecule has 1 amide bonds. The van der Waals surface area contributed by atoms with E-state index in [1.54, 1.807) is 17.9 Å². The molecular weight excluding hydrogens is 318 g/mol. The predicted molar refractivity (Wildman–Crippen MR) is 92.9 cm³/mol. The fraction of sp³-hybridized carbons (Fsp3) is 0.400. The van der Waals surface area contributed by atoms with Crippen LogP contribution in [-0.2, 0) is 19.1 Å². The molecule has 1 aromatic rings. The van der Waals surface area contributed by atoms with Crippen molar-refractivity contribution in [2.75, 3.05) is 11.5 Å². The topological polar surface area (TPSA) is 55.8 Å². The van der Waals surface area contributed by atoms with E-state index in [0.717, 1.165) is 5.69 Å². The van der Waals surface area contributed by atoms with Crippen LogP contribution >= 0.6 is 0 Å². The number of anilines is 1. The monoisotopic (exact) mass is 339 g/mol. The van der Waals surface area contributed by atoms with Gasteiger partial charge in [-0.1, -0.05) is 36.4 Å². The minimum Gasteiger partial charge on any atom is -0.466 e. The van der Waals surface area contributed by atoms with E-state index in [0.29, 0.717) is 6.42 Å². The maximum atomic E-state index is 13.3. The molecule has 3 aliphatic heterocycles. The Morgan fingerprint density at radius 3 is 2.84 bits per heavy atom. The number of esters is 1. The minimum atomic E-state index is -0.788. The lowest BCUT2D eigenvalue weighted by molar-refractivity contribution is -0.151. The highest BCUT2D eigenvalue weighted by Gasteiger charge is 2.71. The molecule has 3 heterocycles. The van der Waals surface area contributed by atoms with Crippen molar-refractivity contribution in [2.45, 2.75) is 31.1 Å². The molecule has 0 aliphatic carbocycles. The van der Waals surface area contributed by atoms with Crippen LogP contribution in [0.3, 0.4) is 0 Å². The van der Waals surface area contributed by atoms with Gasteiger partial charge in [0.25, 0.3) is 0 Å². The first-order valence-electron chi connectivity index (χ1n) is 8.67. The van der Waals surface area contributed by atoms with Crippen molar-refractivity contribution in [3.05, 3.63) is 55.1 Å². The highest BCUT2D eigenvalue weighted by Crippen LogP contribution is 2.56. The molecule has 2 fully saturated rings. The Labute approximate surface area is 146 Å². The molecule has 130 valence electrons. The molecule has 0 unspecified atom stereocenters. The lowest BCUT2D eigenvalue weighted by atomic mass is 9.74. The van der Waals surface area contributed by atoms with Gasteiger partial charge in [-0.05, 0) is 25.5 Å². The molecule has 1 aromatic carbocycles. The van der Waals surface area contributed by atoms with Crippen LogP contribution in [0.5, 0.6) is 0 Å². The summed E-state index contributed by atoms with van der Waals surface area (Å²) in [4.78, 5) is 27.6. The van der Waals surface area contributed by atoms with Crippen molar-refractivity contribution in [3.8, 4) is 0 Å². The molecule has 2 saturated heterocycles. The molecule has 4 rings (SSSR count). The van der Waals surface area contributed by atoms with Crippen molar-refractivity contribution in [1.82, 2.24) is 0 Å². The molecule has 5 nitrogen and oxygen atoms in total. The molecule has 0 saturated carbocycles. The van der Waals surface area contributed by atoms with E-state index < -0.39 is 23.5 Å².